The Balaban J connectivity index is 0.916. The Morgan fingerprint density at radius 2 is 0.704 bits per heavy atom. The number of rotatable bonds is 8. The number of fused-ring (bicyclic) bond motifs is 13. The van der Waals surface area contributed by atoms with E-state index < -0.39 is 0 Å². The van der Waals surface area contributed by atoms with Gasteiger partial charge in [0.15, 0.2) is 0 Å². The van der Waals surface area contributed by atoms with Crippen molar-refractivity contribution in [2.45, 2.75) is 9.79 Å². The average Bonchev–Trinajstić information content (AvgIpc) is 1.05. The van der Waals surface area contributed by atoms with Crippen LogP contribution in [0.25, 0.3) is 127 Å². The molecule has 2 aliphatic heterocycles. The summed E-state index contributed by atoms with van der Waals surface area (Å²) in [5.74, 6) is 0. The van der Waals surface area contributed by atoms with Crippen molar-refractivity contribution in [1.82, 2.24) is 13.7 Å². The van der Waals surface area contributed by atoms with Gasteiger partial charge in [-0.1, -0.05) is 227 Å². The van der Waals surface area contributed by atoms with Crippen LogP contribution >= 0.6 is 11.8 Å². The summed E-state index contributed by atoms with van der Waals surface area (Å²) < 4.78 is 6.73. The van der Waals surface area contributed by atoms with Crippen LogP contribution < -0.4 is 65.0 Å². The average molecular weight is 1240 g/mol. The highest BCUT2D eigenvalue weighted by atomic mass is 32.2. The highest BCUT2D eigenvalue weighted by Gasteiger charge is 2.43. The van der Waals surface area contributed by atoms with E-state index in [9.17, 15) is 0 Å². The minimum Gasteiger partial charge on any atom is -0.310 e. The molecule has 0 amide bonds. The Morgan fingerprint density at radius 1 is 0.276 bits per heavy atom. The molecule has 434 valence electrons. The number of nitrogens with zero attached hydrogens (tertiary/aromatic N) is 4. The lowest BCUT2D eigenvalue weighted by Gasteiger charge is -2.42. The molecular weight excluding hydrogens is 1190 g/mol. The fourth-order valence-electron chi connectivity index (χ4n) is 15.9. The van der Waals surface area contributed by atoms with Crippen molar-refractivity contribution in [3.8, 4) is 61.6 Å². The van der Waals surface area contributed by atoms with Crippen molar-refractivity contribution in [1.29, 1.82) is 0 Å². The molecule has 19 rings (SSSR count). The van der Waals surface area contributed by atoms with Crippen LogP contribution in [0, 0.1) is 0 Å². The quantitative estimate of drug-likeness (QED) is 0.141. The molecule has 14 heteroatoms. The van der Waals surface area contributed by atoms with E-state index in [0.29, 0.717) is 27.5 Å². The van der Waals surface area contributed by atoms with E-state index in [1.165, 1.54) is 21.6 Å². The molecule has 0 aliphatic carbocycles. The van der Waals surface area contributed by atoms with Gasteiger partial charge in [0.2, 0.25) is 6.71 Å². The Morgan fingerprint density at radius 3 is 1.22 bits per heavy atom. The fourth-order valence-corrected chi connectivity index (χ4v) is 17.2. The Bertz CT molecular complexity index is 6130. The summed E-state index contributed by atoms with van der Waals surface area (Å²) in [6, 6.07) is 98.9. The number of aromatic nitrogens is 3. The van der Waals surface area contributed by atoms with Gasteiger partial charge in [-0.15, -0.1) is 21.9 Å². The molecule has 3 aromatic heterocycles. The second-order valence-corrected chi connectivity index (χ2v) is 26.7. The van der Waals surface area contributed by atoms with E-state index in [1.807, 2.05) is 4.57 Å². The van der Waals surface area contributed by atoms with Gasteiger partial charge in [-0.25, -0.2) is 0 Å². The van der Waals surface area contributed by atoms with Gasteiger partial charge in [-0.2, -0.15) is 0 Å². The van der Waals surface area contributed by atoms with E-state index >= 15 is 0 Å². The second-order valence-electron chi connectivity index (χ2n) is 25.6. The molecule has 16 radical (unpaired) electrons. The SMILES string of the molecule is [B]c1c([B])c([B])c2c(c1[B])c1c([B])c([B])c([B])c([B])c1n2-c1cc2c3c(c1)N(c1c(-c4ccccc4)cccc1-c1ccccc1)c1cc(-c4ccc5c(c4)c4ccccc4n5-c4ccccc4)ccc1B3c1ccc(-c3ccc4c(c3)c3ccccc3n4-c3ccccc3)cc1S2. The van der Waals surface area contributed by atoms with Crippen LogP contribution in [-0.2, 0) is 0 Å². The van der Waals surface area contributed by atoms with Crippen molar-refractivity contribution in [3.05, 3.63) is 273 Å². The van der Waals surface area contributed by atoms with E-state index in [2.05, 4.69) is 287 Å². The third-order valence-electron chi connectivity index (χ3n) is 20.5. The number of benzene rings is 14. The van der Waals surface area contributed by atoms with E-state index in [-0.39, 0.29) is 50.4 Å². The lowest BCUT2D eigenvalue weighted by molar-refractivity contribution is 1.16. The van der Waals surface area contributed by atoms with Gasteiger partial charge in [-0.3, -0.25) is 0 Å². The Kier molecular flexibility index (Phi) is 13.4. The highest BCUT2D eigenvalue weighted by Crippen LogP contribution is 2.51. The smallest absolute Gasteiger partial charge is 0.249 e. The molecule has 17 aromatic rings. The minimum absolute atomic E-state index is 0.125. The summed E-state index contributed by atoms with van der Waals surface area (Å²) >= 11 is 1.74. The molecule has 4 nitrogen and oxygen atoms in total. The first kappa shape index (κ1) is 58.6. The molecule has 2 aliphatic rings. The van der Waals surface area contributed by atoms with Crippen molar-refractivity contribution >= 4 is 224 Å². The molecule has 0 saturated carbocycles. The first-order chi connectivity index (χ1) is 48.0. The fraction of sp³-hybridized carbons (Fsp3) is 0. The lowest BCUT2D eigenvalue weighted by atomic mass is 9.34. The Labute approximate surface area is 582 Å². The third-order valence-corrected chi connectivity index (χ3v) is 21.6. The number of para-hydroxylation sites is 5. The number of hydrogen-bond acceptors (Lipinski definition) is 2. The van der Waals surface area contributed by atoms with Crippen LogP contribution in [0.1, 0.15) is 0 Å². The van der Waals surface area contributed by atoms with Gasteiger partial charge in [0.25, 0.3) is 0 Å². The summed E-state index contributed by atoms with van der Waals surface area (Å²) in [6.45, 7) is -0.271. The summed E-state index contributed by atoms with van der Waals surface area (Å²) in [5, 5.41) is 5.61. The van der Waals surface area contributed by atoms with Crippen molar-refractivity contribution in [2.75, 3.05) is 4.90 Å². The molecule has 0 unspecified atom stereocenters. The largest absolute Gasteiger partial charge is 0.310 e. The minimum atomic E-state index is -0.271. The summed E-state index contributed by atoms with van der Waals surface area (Å²) in [5.41, 5.74) is 24.5. The maximum absolute atomic E-state index is 7.31. The van der Waals surface area contributed by atoms with Crippen molar-refractivity contribution < 1.29 is 0 Å². The van der Waals surface area contributed by atoms with E-state index in [4.69, 9.17) is 62.8 Å². The molecule has 0 bridgehead atoms. The predicted octanol–water partition coefficient (Wildman–Crippen LogP) is 10.8. The monoisotopic (exact) mass is 1240 g/mol. The zero-order valence-corrected chi connectivity index (χ0v) is 53.7. The van der Waals surface area contributed by atoms with Gasteiger partial charge in [0, 0.05) is 81.9 Å². The molecule has 0 saturated heterocycles. The van der Waals surface area contributed by atoms with Gasteiger partial charge in [0.1, 0.15) is 62.8 Å². The maximum atomic E-state index is 7.31. The first-order valence-electron chi connectivity index (χ1n) is 32.7. The van der Waals surface area contributed by atoms with Crippen LogP contribution in [0.5, 0.6) is 0 Å². The maximum Gasteiger partial charge on any atom is 0.249 e. The van der Waals surface area contributed by atoms with Gasteiger partial charge < -0.3 is 18.6 Å². The number of hydrogen-bond donors (Lipinski definition) is 0. The second kappa shape index (κ2) is 22.4. The molecule has 5 heterocycles. The zero-order valence-electron chi connectivity index (χ0n) is 52.9. The van der Waals surface area contributed by atoms with Gasteiger partial charge in [-0.05, 0) is 140 Å². The topological polar surface area (TPSA) is 18.0 Å². The van der Waals surface area contributed by atoms with Crippen LogP contribution in [0.2, 0.25) is 0 Å². The molecule has 0 atom stereocenters. The van der Waals surface area contributed by atoms with Crippen LogP contribution in [0.4, 0.5) is 17.1 Å². The molecule has 0 N–H and O–H groups in total. The number of anilines is 3. The van der Waals surface area contributed by atoms with Gasteiger partial charge >= 0.3 is 0 Å². The third kappa shape index (κ3) is 8.59. The normalized spacial score (nSPS) is 12.5. The summed E-state index contributed by atoms with van der Waals surface area (Å²) in [7, 11) is 56.3. The van der Waals surface area contributed by atoms with E-state index in [1.54, 1.807) is 11.8 Å². The van der Waals surface area contributed by atoms with Crippen LogP contribution in [0.15, 0.2) is 283 Å². The first-order valence-corrected chi connectivity index (χ1v) is 33.5. The van der Waals surface area contributed by atoms with E-state index in [0.717, 1.165) is 121 Å². The molecule has 0 spiro atoms. The van der Waals surface area contributed by atoms with Crippen molar-refractivity contribution in [2.24, 2.45) is 0 Å². The molecule has 0 fully saturated rings. The van der Waals surface area contributed by atoms with Crippen LogP contribution in [0.3, 0.4) is 0 Å². The zero-order chi connectivity index (χ0) is 65.9. The van der Waals surface area contributed by atoms with Crippen molar-refractivity contribution in [3.63, 3.8) is 0 Å². The summed E-state index contributed by atoms with van der Waals surface area (Å²) in [4.78, 5) is 4.62. The molecule has 98 heavy (non-hydrogen) atoms. The van der Waals surface area contributed by atoms with Gasteiger partial charge in [0.05, 0.1) is 27.8 Å². The predicted molar refractivity (Wildman–Crippen MR) is 424 cm³/mol. The standard InChI is InChI=1S/C84H45B9N4S/c85-73-71-72-74(86)76(88)78(90)80(92)84(72)96(83(71)79(91)77(89)75(73)87)54-44-68-81-70(45-54)98-69-43-51(49-35-39-66-60(41-49)58-27-14-16-31-64(58)95(66)53-24-11-4-12-25-53)33-37-62(69)93(81)61-36-32-50(48-34-38-65-59(40-48)57-26-13-15-30-63(57)94(65)52-22-9-3-10-23-52)42-67(61)97(68)82-55(46-18-5-1-6-19-46)28-17-29-56(82)47-20-7-2-8-21-47/h1-45H. The summed E-state index contributed by atoms with van der Waals surface area (Å²) in [6.07, 6.45) is 0. The molecular formula is C84H45B9N4S. The highest BCUT2D eigenvalue weighted by molar-refractivity contribution is 8.00. The Hall–Kier alpha value is -10.8. The molecule has 14 aromatic carbocycles. The lowest BCUT2D eigenvalue weighted by Crippen LogP contribution is -2.60. The van der Waals surface area contributed by atoms with Crippen LogP contribution in [-0.4, -0.2) is 83.2 Å².